The summed E-state index contributed by atoms with van der Waals surface area (Å²) in [6.45, 7) is 6.41. The van der Waals surface area contributed by atoms with Crippen LogP contribution in [0.5, 0.6) is 11.5 Å². The highest BCUT2D eigenvalue weighted by molar-refractivity contribution is 7.18. The average Bonchev–Trinajstić information content (AvgIpc) is 3.03. The second-order valence-electron chi connectivity index (χ2n) is 5.28. The normalized spacial score (nSPS) is 12.9. The monoisotopic (exact) mass is 313 g/mol. The minimum atomic E-state index is 0.276. The number of aromatic nitrogens is 2. The summed E-state index contributed by atoms with van der Waals surface area (Å²) in [6.07, 6.45) is 0. The molecule has 0 amide bonds. The number of rotatable bonds is 2. The number of benzene rings is 1. The van der Waals surface area contributed by atoms with Gasteiger partial charge in [0.15, 0.2) is 11.5 Å². The highest BCUT2D eigenvalue weighted by Crippen LogP contribution is 2.37. The fourth-order valence-corrected chi connectivity index (χ4v) is 3.63. The minimum absolute atomic E-state index is 0.276. The Morgan fingerprint density at radius 2 is 1.91 bits per heavy atom. The van der Waals surface area contributed by atoms with E-state index in [0.29, 0.717) is 0 Å². The lowest BCUT2D eigenvalue weighted by Crippen LogP contribution is -1.98. The van der Waals surface area contributed by atoms with Crippen LogP contribution >= 0.6 is 11.3 Å². The van der Waals surface area contributed by atoms with Gasteiger partial charge in [-0.2, -0.15) is 0 Å². The molecule has 5 nitrogen and oxygen atoms in total. The van der Waals surface area contributed by atoms with E-state index >= 15 is 0 Å². The molecule has 0 saturated carbocycles. The van der Waals surface area contributed by atoms with E-state index in [1.807, 2.05) is 25.1 Å². The van der Waals surface area contributed by atoms with Crippen LogP contribution in [0.15, 0.2) is 18.2 Å². The van der Waals surface area contributed by atoms with Gasteiger partial charge >= 0.3 is 0 Å². The van der Waals surface area contributed by atoms with Crippen molar-refractivity contribution in [3.63, 3.8) is 0 Å². The number of thiophene rings is 1. The van der Waals surface area contributed by atoms with Gasteiger partial charge in [0, 0.05) is 16.6 Å². The Balaban J connectivity index is 1.81. The standard InChI is InChI=1S/C16H15N3O2S/c1-8-9(2)22-16-14(8)15(17-10(3)18-16)19-11-4-5-12-13(6-11)21-7-20-12/h4-6H,7H2,1-3H3,(H,17,18,19). The molecule has 3 aromatic rings. The van der Waals surface area contributed by atoms with Gasteiger partial charge in [-0.3, -0.25) is 0 Å². The summed E-state index contributed by atoms with van der Waals surface area (Å²) in [4.78, 5) is 11.4. The molecule has 3 heterocycles. The first-order valence-electron chi connectivity index (χ1n) is 7.03. The number of nitrogens with one attached hydrogen (secondary N) is 1. The molecule has 1 aromatic carbocycles. The first kappa shape index (κ1) is 13.3. The van der Waals surface area contributed by atoms with Gasteiger partial charge in [-0.1, -0.05) is 0 Å². The molecule has 0 fully saturated rings. The van der Waals surface area contributed by atoms with Gasteiger partial charge in [-0.05, 0) is 38.5 Å². The first-order valence-corrected chi connectivity index (χ1v) is 7.84. The summed E-state index contributed by atoms with van der Waals surface area (Å²) >= 11 is 1.70. The molecule has 0 spiro atoms. The molecular weight excluding hydrogens is 298 g/mol. The molecule has 4 rings (SSSR count). The van der Waals surface area contributed by atoms with E-state index in [9.17, 15) is 0 Å². The van der Waals surface area contributed by atoms with Crippen molar-refractivity contribution in [2.75, 3.05) is 12.1 Å². The molecule has 1 aliphatic rings. The highest BCUT2D eigenvalue weighted by Gasteiger charge is 2.16. The Bertz CT molecular complexity index is 889. The molecule has 112 valence electrons. The number of ether oxygens (including phenoxy) is 2. The van der Waals surface area contributed by atoms with E-state index in [1.54, 1.807) is 11.3 Å². The van der Waals surface area contributed by atoms with Crippen molar-refractivity contribution >= 4 is 33.1 Å². The van der Waals surface area contributed by atoms with Gasteiger partial charge in [0.25, 0.3) is 0 Å². The molecule has 2 aromatic heterocycles. The molecule has 1 aliphatic heterocycles. The van der Waals surface area contributed by atoms with Crippen molar-refractivity contribution in [1.82, 2.24) is 9.97 Å². The summed E-state index contributed by atoms with van der Waals surface area (Å²) in [5.41, 5.74) is 2.15. The van der Waals surface area contributed by atoms with Crippen molar-refractivity contribution in [3.8, 4) is 11.5 Å². The van der Waals surface area contributed by atoms with Crippen LogP contribution in [0.2, 0.25) is 0 Å². The van der Waals surface area contributed by atoms with Gasteiger partial charge in [-0.15, -0.1) is 11.3 Å². The average molecular weight is 313 g/mol. The maximum absolute atomic E-state index is 5.42. The molecule has 6 heteroatoms. The Morgan fingerprint density at radius 3 is 2.77 bits per heavy atom. The molecule has 0 radical (unpaired) electrons. The van der Waals surface area contributed by atoms with E-state index < -0.39 is 0 Å². The topological polar surface area (TPSA) is 56.3 Å². The zero-order valence-electron chi connectivity index (χ0n) is 12.6. The number of aryl methyl sites for hydroxylation is 3. The number of nitrogens with zero attached hydrogens (tertiary/aromatic N) is 2. The second-order valence-corrected chi connectivity index (χ2v) is 6.48. The van der Waals surface area contributed by atoms with Crippen LogP contribution in [-0.4, -0.2) is 16.8 Å². The van der Waals surface area contributed by atoms with Crippen molar-refractivity contribution in [1.29, 1.82) is 0 Å². The van der Waals surface area contributed by atoms with E-state index in [1.165, 1.54) is 10.4 Å². The SMILES string of the molecule is Cc1nc(Nc2ccc3c(c2)OCO3)c2c(C)c(C)sc2n1. The summed E-state index contributed by atoms with van der Waals surface area (Å²) in [7, 11) is 0. The third kappa shape index (κ3) is 2.07. The smallest absolute Gasteiger partial charge is 0.231 e. The molecule has 1 N–H and O–H groups in total. The van der Waals surface area contributed by atoms with Gasteiger partial charge in [0.05, 0.1) is 5.39 Å². The van der Waals surface area contributed by atoms with Crippen molar-refractivity contribution < 1.29 is 9.47 Å². The third-order valence-electron chi connectivity index (χ3n) is 3.78. The van der Waals surface area contributed by atoms with Crippen LogP contribution < -0.4 is 14.8 Å². The maximum Gasteiger partial charge on any atom is 0.231 e. The molecule has 0 bridgehead atoms. The Labute approximate surface area is 131 Å². The van der Waals surface area contributed by atoms with E-state index in [-0.39, 0.29) is 6.79 Å². The lowest BCUT2D eigenvalue weighted by Gasteiger charge is -2.09. The zero-order valence-corrected chi connectivity index (χ0v) is 13.4. The summed E-state index contributed by atoms with van der Waals surface area (Å²) in [6, 6.07) is 5.80. The number of hydrogen-bond acceptors (Lipinski definition) is 6. The molecular formula is C16H15N3O2S. The van der Waals surface area contributed by atoms with Crippen LogP contribution in [0.3, 0.4) is 0 Å². The van der Waals surface area contributed by atoms with Gasteiger partial charge in [0.1, 0.15) is 16.5 Å². The van der Waals surface area contributed by atoms with Crippen LogP contribution in [-0.2, 0) is 0 Å². The third-order valence-corrected chi connectivity index (χ3v) is 4.88. The quantitative estimate of drug-likeness (QED) is 0.772. The van der Waals surface area contributed by atoms with Crippen molar-refractivity contribution in [2.45, 2.75) is 20.8 Å². The van der Waals surface area contributed by atoms with Crippen molar-refractivity contribution in [3.05, 3.63) is 34.5 Å². The second kappa shape index (κ2) is 4.84. The fourth-order valence-electron chi connectivity index (χ4n) is 2.56. The number of anilines is 2. The number of hydrogen-bond donors (Lipinski definition) is 1. The lowest BCUT2D eigenvalue weighted by atomic mass is 10.2. The fraction of sp³-hybridized carbons (Fsp3) is 0.250. The maximum atomic E-state index is 5.42. The summed E-state index contributed by atoms with van der Waals surface area (Å²) < 4.78 is 10.8. The molecule has 22 heavy (non-hydrogen) atoms. The summed E-state index contributed by atoms with van der Waals surface area (Å²) in [5.74, 6) is 3.13. The zero-order chi connectivity index (χ0) is 15.3. The van der Waals surface area contributed by atoms with E-state index in [4.69, 9.17) is 9.47 Å². The molecule has 0 saturated heterocycles. The van der Waals surface area contributed by atoms with Crippen LogP contribution in [0, 0.1) is 20.8 Å². The van der Waals surface area contributed by atoms with E-state index in [0.717, 1.165) is 39.0 Å². The molecule has 0 unspecified atom stereocenters. The molecule has 0 aliphatic carbocycles. The predicted octanol–water partition coefficient (Wildman–Crippen LogP) is 4.09. The summed E-state index contributed by atoms with van der Waals surface area (Å²) in [5, 5.41) is 4.48. The van der Waals surface area contributed by atoms with Gasteiger partial charge in [-0.25, -0.2) is 9.97 Å². The highest BCUT2D eigenvalue weighted by atomic mass is 32.1. The van der Waals surface area contributed by atoms with Gasteiger partial charge in [0.2, 0.25) is 6.79 Å². The predicted molar refractivity (Wildman–Crippen MR) is 87.5 cm³/mol. The van der Waals surface area contributed by atoms with Crippen LogP contribution in [0.4, 0.5) is 11.5 Å². The van der Waals surface area contributed by atoms with Crippen LogP contribution in [0.25, 0.3) is 10.2 Å². The van der Waals surface area contributed by atoms with E-state index in [2.05, 4.69) is 29.1 Å². The van der Waals surface area contributed by atoms with Crippen molar-refractivity contribution in [2.24, 2.45) is 0 Å². The van der Waals surface area contributed by atoms with Gasteiger partial charge < -0.3 is 14.8 Å². The Hall–Kier alpha value is -2.34. The Morgan fingerprint density at radius 1 is 1.09 bits per heavy atom. The lowest BCUT2D eigenvalue weighted by molar-refractivity contribution is 0.174. The Kier molecular flexibility index (Phi) is 2.94. The first-order chi connectivity index (χ1) is 10.6. The largest absolute Gasteiger partial charge is 0.454 e. The number of fused-ring (bicyclic) bond motifs is 2. The minimum Gasteiger partial charge on any atom is -0.454 e. The molecule has 0 atom stereocenters. The van der Waals surface area contributed by atoms with Crippen LogP contribution in [0.1, 0.15) is 16.3 Å².